The molecule has 4 aromatic rings. The molecule has 0 saturated heterocycles. The molecule has 0 N–H and O–H groups in total. The van der Waals surface area contributed by atoms with Crippen LogP contribution in [0.15, 0.2) is 83.6 Å². The molecule has 0 aliphatic rings. The summed E-state index contributed by atoms with van der Waals surface area (Å²) >= 11 is 0. The van der Waals surface area contributed by atoms with E-state index in [-0.39, 0.29) is 12.3 Å². The second-order valence-electron chi connectivity index (χ2n) is 6.59. The van der Waals surface area contributed by atoms with Gasteiger partial charge in [0.1, 0.15) is 11.4 Å². The minimum absolute atomic E-state index is 0.0123. The summed E-state index contributed by atoms with van der Waals surface area (Å²) in [6.07, 6.45) is 3.65. The molecular weight excluding hydrogens is 336 g/mol. The van der Waals surface area contributed by atoms with E-state index in [9.17, 15) is 4.79 Å². The maximum atomic E-state index is 13.2. The van der Waals surface area contributed by atoms with Gasteiger partial charge in [0, 0.05) is 17.1 Å². The van der Waals surface area contributed by atoms with Gasteiger partial charge in [-0.05, 0) is 36.8 Å². The zero-order valence-corrected chi connectivity index (χ0v) is 15.1. The molecule has 0 radical (unpaired) electrons. The minimum Gasteiger partial charge on any atom is -0.464 e. The Morgan fingerprint density at radius 3 is 2.63 bits per heavy atom. The monoisotopic (exact) mass is 356 g/mol. The molecule has 4 rings (SSSR count). The summed E-state index contributed by atoms with van der Waals surface area (Å²) in [5.74, 6) is 0.636. The molecule has 0 aliphatic carbocycles. The standard InChI is InChI=1S/C23H20N2O2/c1-17-10-11-21-20(13-17)19(16-27-21)14-23(26)25(22-9-5-6-12-24-22)15-18-7-3-2-4-8-18/h2-13,16H,14-15H2,1H3. The first-order valence-electron chi connectivity index (χ1n) is 8.93. The van der Waals surface area contributed by atoms with Crippen molar-refractivity contribution in [3.63, 3.8) is 0 Å². The molecular formula is C23H20N2O2. The quantitative estimate of drug-likeness (QED) is 0.510. The molecule has 2 aromatic carbocycles. The van der Waals surface area contributed by atoms with Crippen LogP contribution >= 0.6 is 0 Å². The van der Waals surface area contributed by atoms with Crippen LogP contribution in [0.2, 0.25) is 0 Å². The Hall–Kier alpha value is -3.40. The predicted molar refractivity (Wildman–Crippen MR) is 107 cm³/mol. The molecule has 0 atom stereocenters. The van der Waals surface area contributed by atoms with E-state index in [1.54, 1.807) is 17.4 Å². The number of hydrogen-bond donors (Lipinski definition) is 0. The second-order valence-corrected chi connectivity index (χ2v) is 6.59. The maximum absolute atomic E-state index is 13.2. The van der Waals surface area contributed by atoms with Gasteiger partial charge in [-0.3, -0.25) is 9.69 Å². The Labute approximate surface area is 158 Å². The zero-order chi connectivity index (χ0) is 18.6. The van der Waals surface area contributed by atoms with Crippen molar-refractivity contribution < 1.29 is 9.21 Å². The van der Waals surface area contributed by atoms with E-state index >= 15 is 0 Å². The number of anilines is 1. The lowest BCUT2D eigenvalue weighted by atomic mass is 10.1. The Bertz CT molecular complexity index is 1060. The van der Waals surface area contributed by atoms with Crippen LogP contribution in [0.4, 0.5) is 5.82 Å². The summed E-state index contributed by atoms with van der Waals surface area (Å²) < 4.78 is 5.62. The zero-order valence-electron chi connectivity index (χ0n) is 15.1. The Morgan fingerprint density at radius 2 is 1.85 bits per heavy atom. The van der Waals surface area contributed by atoms with Gasteiger partial charge in [0.2, 0.25) is 5.91 Å². The molecule has 0 aliphatic heterocycles. The molecule has 0 spiro atoms. The van der Waals surface area contributed by atoms with Crippen LogP contribution in [-0.2, 0) is 17.8 Å². The van der Waals surface area contributed by atoms with Crippen molar-refractivity contribution in [2.45, 2.75) is 19.9 Å². The van der Waals surface area contributed by atoms with Crippen LogP contribution in [0.25, 0.3) is 11.0 Å². The number of aryl methyl sites for hydroxylation is 1. The Kier molecular flexibility index (Phi) is 4.71. The van der Waals surface area contributed by atoms with Gasteiger partial charge in [0.05, 0.1) is 19.2 Å². The van der Waals surface area contributed by atoms with Gasteiger partial charge in [0.15, 0.2) is 0 Å². The summed E-state index contributed by atoms with van der Waals surface area (Å²) in [5, 5.41) is 0.990. The number of pyridine rings is 1. The third-order valence-electron chi connectivity index (χ3n) is 4.56. The number of carbonyl (C=O) groups is 1. The fraction of sp³-hybridized carbons (Fsp3) is 0.130. The first kappa shape index (κ1) is 17.0. The highest BCUT2D eigenvalue weighted by Gasteiger charge is 2.19. The van der Waals surface area contributed by atoms with Crippen LogP contribution in [0.1, 0.15) is 16.7 Å². The fourth-order valence-corrected chi connectivity index (χ4v) is 3.17. The summed E-state index contributed by atoms with van der Waals surface area (Å²) in [5.41, 5.74) is 3.90. The van der Waals surface area contributed by atoms with Gasteiger partial charge in [-0.25, -0.2) is 4.98 Å². The SMILES string of the molecule is Cc1ccc2occ(CC(=O)N(Cc3ccccc3)c3ccccn3)c2c1. The van der Waals surface area contributed by atoms with Crippen LogP contribution < -0.4 is 4.90 Å². The van der Waals surface area contributed by atoms with E-state index in [0.29, 0.717) is 12.4 Å². The van der Waals surface area contributed by atoms with Gasteiger partial charge >= 0.3 is 0 Å². The number of carbonyl (C=O) groups excluding carboxylic acids is 1. The average Bonchev–Trinajstić information content (AvgIpc) is 3.09. The lowest BCUT2D eigenvalue weighted by Crippen LogP contribution is -2.32. The Balaban J connectivity index is 1.64. The van der Waals surface area contributed by atoms with Gasteiger partial charge < -0.3 is 4.42 Å². The van der Waals surface area contributed by atoms with Gasteiger partial charge in [-0.15, -0.1) is 0 Å². The third kappa shape index (κ3) is 3.75. The van der Waals surface area contributed by atoms with Crippen LogP contribution in [0.5, 0.6) is 0 Å². The normalized spacial score (nSPS) is 10.9. The molecule has 0 bridgehead atoms. The number of fused-ring (bicyclic) bond motifs is 1. The van der Waals surface area contributed by atoms with Crippen molar-refractivity contribution in [1.29, 1.82) is 0 Å². The van der Waals surface area contributed by atoms with Crippen LogP contribution in [0.3, 0.4) is 0 Å². The smallest absolute Gasteiger partial charge is 0.233 e. The highest BCUT2D eigenvalue weighted by molar-refractivity contribution is 5.96. The van der Waals surface area contributed by atoms with E-state index in [4.69, 9.17) is 4.42 Å². The molecule has 2 heterocycles. The summed E-state index contributed by atoms with van der Waals surface area (Å²) in [4.78, 5) is 19.3. The molecule has 4 heteroatoms. The summed E-state index contributed by atoms with van der Waals surface area (Å²) in [7, 11) is 0. The van der Waals surface area contributed by atoms with Crippen molar-refractivity contribution >= 4 is 22.7 Å². The molecule has 0 saturated carbocycles. The number of rotatable bonds is 5. The number of benzene rings is 2. The van der Waals surface area contributed by atoms with E-state index in [2.05, 4.69) is 11.1 Å². The average molecular weight is 356 g/mol. The van der Waals surface area contributed by atoms with E-state index in [0.717, 1.165) is 27.7 Å². The highest BCUT2D eigenvalue weighted by Crippen LogP contribution is 2.24. The number of aromatic nitrogens is 1. The highest BCUT2D eigenvalue weighted by atomic mass is 16.3. The lowest BCUT2D eigenvalue weighted by Gasteiger charge is -2.22. The van der Waals surface area contributed by atoms with Gasteiger partial charge in [-0.1, -0.05) is 48.0 Å². The number of hydrogen-bond acceptors (Lipinski definition) is 3. The molecule has 0 unspecified atom stereocenters. The number of amides is 1. The molecule has 2 aromatic heterocycles. The first-order chi connectivity index (χ1) is 13.2. The fourth-order valence-electron chi connectivity index (χ4n) is 3.17. The largest absolute Gasteiger partial charge is 0.464 e. The topological polar surface area (TPSA) is 46.3 Å². The maximum Gasteiger partial charge on any atom is 0.233 e. The molecule has 134 valence electrons. The second kappa shape index (κ2) is 7.46. The van der Waals surface area contributed by atoms with Gasteiger partial charge in [-0.2, -0.15) is 0 Å². The van der Waals surface area contributed by atoms with Crippen molar-refractivity contribution in [2.24, 2.45) is 0 Å². The predicted octanol–water partition coefficient (Wildman–Crippen LogP) is 4.91. The number of furan rings is 1. The molecule has 4 nitrogen and oxygen atoms in total. The molecule has 1 amide bonds. The minimum atomic E-state index is -0.0123. The van der Waals surface area contributed by atoms with E-state index in [1.165, 1.54) is 0 Å². The summed E-state index contributed by atoms with van der Waals surface area (Å²) in [6.45, 7) is 2.51. The van der Waals surface area contributed by atoms with E-state index < -0.39 is 0 Å². The van der Waals surface area contributed by atoms with Crippen molar-refractivity contribution in [2.75, 3.05) is 4.90 Å². The van der Waals surface area contributed by atoms with Crippen LogP contribution in [0, 0.1) is 6.92 Å². The Morgan fingerprint density at radius 1 is 1.04 bits per heavy atom. The third-order valence-corrected chi connectivity index (χ3v) is 4.56. The van der Waals surface area contributed by atoms with Crippen molar-refractivity contribution in [1.82, 2.24) is 4.98 Å². The van der Waals surface area contributed by atoms with E-state index in [1.807, 2.05) is 67.6 Å². The summed E-state index contributed by atoms with van der Waals surface area (Å²) in [6, 6.07) is 21.6. The van der Waals surface area contributed by atoms with Gasteiger partial charge in [0.25, 0.3) is 0 Å². The van der Waals surface area contributed by atoms with Crippen LogP contribution in [-0.4, -0.2) is 10.9 Å². The first-order valence-corrected chi connectivity index (χ1v) is 8.93. The molecule has 27 heavy (non-hydrogen) atoms. The van der Waals surface area contributed by atoms with Crippen molar-refractivity contribution in [3.8, 4) is 0 Å². The number of nitrogens with zero attached hydrogens (tertiary/aromatic N) is 2. The lowest BCUT2D eigenvalue weighted by molar-refractivity contribution is -0.118. The molecule has 0 fully saturated rings. The van der Waals surface area contributed by atoms with Crippen molar-refractivity contribution in [3.05, 3.63) is 95.9 Å².